The highest BCUT2D eigenvalue weighted by molar-refractivity contribution is 9.10. The zero-order valence-electron chi connectivity index (χ0n) is 14.4. The van der Waals surface area contributed by atoms with Gasteiger partial charge in [0.25, 0.3) is 0 Å². The molecular formula is C18H26BrNO2Si. The van der Waals surface area contributed by atoms with E-state index < -0.39 is 8.07 Å². The largest absolute Gasteiger partial charge is 0.381 e. The van der Waals surface area contributed by atoms with Gasteiger partial charge in [-0.1, -0.05) is 47.7 Å². The predicted octanol–water partition coefficient (Wildman–Crippen LogP) is 5.38. The second-order valence-corrected chi connectivity index (χ2v) is 13.5. The van der Waals surface area contributed by atoms with Crippen molar-refractivity contribution in [3.8, 4) is 0 Å². The molecule has 0 aliphatic carbocycles. The van der Waals surface area contributed by atoms with E-state index in [-0.39, 0.29) is 0 Å². The Balaban J connectivity index is 2.16. The second kappa shape index (κ2) is 8.28. The number of hydrogen-bond acceptors (Lipinski definition) is 2. The van der Waals surface area contributed by atoms with Crippen molar-refractivity contribution < 1.29 is 9.47 Å². The van der Waals surface area contributed by atoms with Gasteiger partial charge in [0, 0.05) is 37.8 Å². The van der Waals surface area contributed by atoms with Gasteiger partial charge in [-0.25, -0.2) is 0 Å². The molecule has 2 rings (SSSR count). The van der Waals surface area contributed by atoms with Crippen LogP contribution in [-0.2, 0) is 16.2 Å². The third-order valence-electron chi connectivity index (χ3n) is 3.66. The first-order valence-corrected chi connectivity index (χ1v) is 12.4. The fraction of sp³-hybridized carbons (Fsp3) is 0.444. The number of ether oxygens (including phenoxy) is 2. The lowest BCUT2D eigenvalue weighted by Crippen LogP contribution is -2.21. The van der Waals surface area contributed by atoms with E-state index in [0.717, 1.165) is 11.1 Å². The molecule has 0 amide bonds. The van der Waals surface area contributed by atoms with Gasteiger partial charge in [0.05, 0.1) is 12.1 Å². The molecule has 1 heterocycles. The van der Waals surface area contributed by atoms with Crippen LogP contribution >= 0.6 is 15.9 Å². The fourth-order valence-electron chi connectivity index (χ4n) is 2.35. The van der Waals surface area contributed by atoms with Crippen molar-refractivity contribution in [2.24, 2.45) is 0 Å². The molecule has 3 nitrogen and oxygen atoms in total. The number of benzene rings is 1. The van der Waals surface area contributed by atoms with Gasteiger partial charge in [-0.2, -0.15) is 0 Å². The lowest BCUT2D eigenvalue weighted by molar-refractivity contribution is 0.0902. The summed E-state index contributed by atoms with van der Waals surface area (Å²) in [7, 11) is 0.666. The van der Waals surface area contributed by atoms with Crippen molar-refractivity contribution in [3.05, 3.63) is 40.5 Å². The van der Waals surface area contributed by atoms with Crippen LogP contribution in [0.4, 0.5) is 0 Å². The zero-order chi connectivity index (χ0) is 16.9. The first-order chi connectivity index (χ1) is 10.9. The van der Waals surface area contributed by atoms with Crippen LogP contribution in [0.25, 0.3) is 17.0 Å². The minimum absolute atomic E-state index is 0.598. The Morgan fingerprint density at radius 1 is 1.26 bits per heavy atom. The quantitative estimate of drug-likeness (QED) is 0.442. The molecule has 0 radical (unpaired) electrons. The summed E-state index contributed by atoms with van der Waals surface area (Å²) in [5.74, 6) is 0. The third-order valence-corrected chi connectivity index (χ3v) is 5.86. The first kappa shape index (κ1) is 18.5. The van der Waals surface area contributed by atoms with Gasteiger partial charge >= 0.3 is 0 Å². The number of rotatable bonds is 8. The molecule has 0 N–H and O–H groups in total. The molecule has 0 saturated carbocycles. The topological polar surface area (TPSA) is 23.4 Å². The van der Waals surface area contributed by atoms with E-state index in [1.54, 1.807) is 7.11 Å². The maximum Gasteiger partial charge on any atom is 0.122 e. The summed E-state index contributed by atoms with van der Waals surface area (Å²) in [6, 6.07) is 7.55. The summed E-state index contributed by atoms with van der Waals surface area (Å²) in [4.78, 5) is 0. The van der Waals surface area contributed by atoms with Gasteiger partial charge in [-0.05, 0) is 29.8 Å². The van der Waals surface area contributed by atoms with E-state index in [9.17, 15) is 0 Å². The number of hydrogen-bond donors (Lipinski definition) is 0. The third kappa shape index (κ3) is 5.60. The van der Waals surface area contributed by atoms with Gasteiger partial charge in [0.2, 0.25) is 0 Å². The zero-order valence-corrected chi connectivity index (χ0v) is 17.0. The number of methoxy groups -OCH3 is 1. The van der Waals surface area contributed by atoms with E-state index in [1.807, 2.05) is 6.08 Å². The van der Waals surface area contributed by atoms with E-state index >= 15 is 0 Å². The molecule has 1 aromatic heterocycles. The highest BCUT2D eigenvalue weighted by Gasteiger charge is 2.12. The highest BCUT2D eigenvalue weighted by atomic mass is 79.9. The molecule has 0 aliphatic heterocycles. The van der Waals surface area contributed by atoms with Crippen LogP contribution in [-0.4, -0.2) is 33.0 Å². The van der Waals surface area contributed by atoms with Crippen molar-refractivity contribution in [1.29, 1.82) is 0 Å². The molecule has 0 spiro atoms. The summed E-state index contributed by atoms with van der Waals surface area (Å²) in [6.45, 7) is 9.17. The van der Waals surface area contributed by atoms with Gasteiger partial charge in [-0.3, -0.25) is 0 Å². The monoisotopic (exact) mass is 395 g/mol. The Morgan fingerprint density at radius 3 is 2.74 bits per heavy atom. The van der Waals surface area contributed by atoms with Crippen molar-refractivity contribution >= 4 is 41.0 Å². The van der Waals surface area contributed by atoms with E-state index in [2.05, 4.69) is 70.6 Å². The second-order valence-electron chi connectivity index (χ2n) is 6.92. The molecule has 5 heteroatoms. The van der Waals surface area contributed by atoms with Gasteiger partial charge in [-0.15, -0.1) is 0 Å². The maximum atomic E-state index is 5.91. The average Bonchev–Trinajstić information content (AvgIpc) is 2.80. The fourth-order valence-corrected chi connectivity index (χ4v) is 3.47. The van der Waals surface area contributed by atoms with Crippen molar-refractivity contribution in [2.45, 2.75) is 32.4 Å². The van der Waals surface area contributed by atoms with E-state index in [1.165, 1.54) is 22.5 Å². The number of aromatic nitrogens is 1. The Hall–Kier alpha value is -0.883. The molecule has 0 saturated heterocycles. The van der Waals surface area contributed by atoms with Crippen molar-refractivity contribution in [3.63, 3.8) is 0 Å². The first-order valence-electron chi connectivity index (χ1n) is 7.92. The van der Waals surface area contributed by atoms with Crippen LogP contribution in [0.15, 0.2) is 34.9 Å². The molecule has 0 aliphatic rings. The Bertz CT molecular complexity index is 673. The molecular weight excluding hydrogens is 370 g/mol. The number of fused-ring (bicyclic) bond motifs is 1. The minimum Gasteiger partial charge on any atom is -0.381 e. The SMILES string of the molecule is COC/C=C/c1cn(COCC[Si](C)(C)C)c2ccc(Br)cc12. The summed E-state index contributed by atoms with van der Waals surface area (Å²) < 4.78 is 14.3. The molecule has 0 unspecified atom stereocenters. The van der Waals surface area contributed by atoms with Crippen molar-refractivity contribution in [1.82, 2.24) is 4.57 Å². The molecule has 1 aromatic carbocycles. The molecule has 0 fully saturated rings. The van der Waals surface area contributed by atoms with Gasteiger partial charge in [0.1, 0.15) is 6.73 Å². The van der Waals surface area contributed by atoms with Gasteiger partial charge < -0.3 is 14.0 Å². The molecule has 2 aromatic rings. The normalized spacial score (nSPS) is 12.6. The number of nitrogens with zero attached hydrogens (tertiary/aromatic N) is 1. The van der Waals surface area contributed by atoms with Crippen LogP contribution in [0.5, 0.6) is 0 Å². The number of halogens is 1. The Morgan fingerprint density at radius 2 is 2.04 bits per heavy atom. The van der Waals surface area contributed by atoms with Crippen LogP contribution in [0, 0.1) is 0 Å². The lowest BCUT2D eigenvalue weighted by atomic mass is 10.1. The molecule has 0 atom stereocenters. The molecule has 126 valence electrons. The summed E-state index contributed by atoms with van der Waals surface area (Å²) in [5.41, 5.74) is 2.38. The standard InChI is InChI=1S/C18H26BrNO2Si/c1-21-9-5-6-15-13-20(14-22-10-11-23(2,3)4)18-8-7-16(19)12-17(15)18/h5-8,12-13H,9-11,14H2,1-4H3/b6-5+. The molecule has 0 bridgehead atoms. The summed E-state index contributed by atoms with van der Waals surface area (Å²) in [5, 5.41) is 1.22. The summed E-state index contributed by atoms with van der Waals surface area (Å²) >= 11 is 3.56. The van der Waals surface area contributed by atoms with Crippen LogP contribution in [0.1, 0.15) is 5.56 Å². The van der Waals surface area contributed by atoms with Crippen LogP contribution in [0.3, 0.4) is 0 Å². The van der Waals surface area contributed by atoms with Gasteiger partial charge in [0.15, 0.2) is 0 Å². The highest BCUT2D eigenvalue weighted by Crippen LogP contribution is 2.26. The Labute approximate surface area is 148 Å². The molecule has 23 heavy (non-hydrogen) atoms. The predicted molar refractivity (Wildman–Crippen MR) is 105 cm³/mol. The Kier molecular flexibility index (Phi) is 6.65. The minimum atomic E-state index is -1.04. The smallest absolute Gasteiger partial charge is 0.122 e. The van der Waals surface area contributed by atoms with E-state index in [0.29, 0.717) is 13.3 Å². The van der Waals surface area contributed by atoms with E-state index in [4.69, 9.17) is 9.47 Å². The lowest BCUT2D eigenvalue weighted by Gasteiger charge is -2.15. The average molecular weight is 396 g/mol. The van der Waals surface area contributed by atoms with Crippen LogP contribution in [0.2, 0.25) is 25.7 Å². The summed E-state index contributed by atoms with van der Waals surface area (Å²) in [6.07, 6.45) is 6.29. The van der Waals surface area contributed by atoms with Crippen molar-refractivity contribution in [2.75, 3.05) is 20.3 Å². The maximum absolute atomic E-state index is 5.91. The van der Waals surface area contributed by atoms with Crippen LogP contribution < -0.4 is 0 Å².